The van der Waals surface area contributed by atoms with Crippen molar-refractivity contribution in [3.8, 4) is 0 Å². The SMILES string of the molecule is CCc1cc(NC(=O)NC2(CO)CCCC2)n(C)n1. The summed E-state index contributed by atoms with van der Waals surface area (Å²) in [6, 6.07) is 1.58. The van der Waals surface area contributed by atoms with Gasteiger partial charge in [0, 0.05) is 13.1 Å². The van der Waals surface area contributed by atoms with Crippen LogP contribution in [0.4, 0.5) is 10.6 Å². The number of urea groups is 1. The third-order valence-electron chi connectivity index (χ3n) is 3.78. The summed E-state index contributed by atoms with van der Waals surface area (Å²) in [4.78, 5) is 12.0. The van der Waals surface area contributed by atoms with Gasteiger partial charge in [0.15, 0.2) is 0 Å². The Kier molecular flexibility index (Phi) is 4.09. The molecule has 0 saturated heterocycles. The van der Waals surface area contributed by atoms with E-state index in [1.165, 1.54) is 0 Å². The van der Waals surface area contributed by atoms with Crippen molar-refractivity contribution in [1.82, 2.24) is 15.1 Å². The summed E-state index contributed by atoms with van der Waals surface area (Å²) in [5.74, 6) is 0.667. The van der Waals surface area contributed by atoms with Crippen LogP contribution in [0.3, 0.4) is 0 Å². The first kappa shape index (κ1) is 13.9. The first-order valence-electron chi connectivity index (χ1n) is 6.81. The van der Waals surface area contributed by atoms with E-state index in [1.54, 1.807) is 11.7 Å². The number of hydrogen-bond donors (Lipinski definition) is 3. The number of aryl methyl sites for hydroxylation is 2. The number of carbonyl (C=O) groups is 1. The molecule has 19 heavy (non-hydrogen) atoms. The predicted molar refractivity (Wildman–Crippen MR) is 73.0 cm³/mol. The van der Waals surface area contributed by atoms with Crippen LogP contribution in [0.25, 0.3) is 0 Å². The Morgan fingerprint density at radius 1 is 1.53 bits per heavy atom. The first-order valence-corrected chi connectivity index (χ1v) is 6.81. The maximum Gasteiger partial charge on any atom is 0.320 e. The minimum atomic E-state index is -0.448. The summed E-state index contributed by atoms with van der Waals surface area (Å²) in [5.41, 5.74) is 0.492. The van der Waals surface area contributed by atoms with Gasteiger partial charge in [-0.1, -0.05) is 19.8 Å². The summed E-state index contributed by atoms with van der Waals surface area (Å²) in [6.07, 6.45) is 4.60. The summed E-state index contributed by atoms with van der Waals surface area (Å²) in [6.45, 7) is 2.01. The van der Waals surface area contributed by atoms with Gasteiger partial charge >= 0.3 is 6.03 Å². The van der Waals surface area contributed by atoms with Crippen LogP contribution in [0.1, 0.15) is 38.3 Å². The van der Waals surface area contributed by atoms with Gasteiger partial charge in [-0.15, -0.1) is 0 Å². The molecule has 0 atom stereocenters. The maximum absolute atomic E-state index is 12.0. The van der Waals surface area contributed by atoms with Crippen LogP contribution in [0.2, 0.25) is 0 Å². The maximum atomic E-state index is 12.0. The van der Waals surface area contributed by atoms with Crippen LogP contribution in [-0.2, 0) is 13.5 Å². The fourth-order valence-corrected chi connectivity index (χ4v) is 2.58. The number of aromatic nitrogens is 2. The second-order valence-corrected chi connectivity index (χ2v) is 5.22. The van der Waals surface area contributed by atoms with Crippen molar-refractivity contribution in [3.63, 3.8) is 0 Å². The van der Waals surface area contributed by atoms with Crippen LogP contribution in [0.15, 0.2) is 6.07 Å². The summed E-state index contributed by atoms with van der Waals surface area (Å²) < 4.78 is 1.65. The van der Waals surface area contributed by atoms with E-state index >= 15 is 0 Å². The molecule has 0 spiro atoms. The van der Waals surface area contributed by atoms with Gasteiger partial charge in [-0.2, -0.15) is 5.10 Å². The highest BCUT2D eigenvalue weighted by molar-refractivity contribution is 5.89. The van der Waals surface area contributed by atoms with E-state index < -0.39 is 5.54 Å². The number of hydrogen-bond acceptors (Lipinski definition) is 3. The Bertz CT molecular complexity index is 449. The second-order valence-electron chi connectivity index (χ2n) is 5.22. The van der Waals surface area contributed by atoms with Gasteiger partial charge in [0.25, 0.3) is 0 Å². The van der Waals surface area contributed by atoms with Crippen molar-refractivity contribution >= 4 is 11.8 Å². The van der Waals surface area contributed by atoms with Crippen LogP contribution < -0.4 is 10.6 Å². The van der Waals surface area contributed by atoms with Gasteiger partial charge in [0.2, 0.25) is 0 Å². The molecule has 1 aromatic heterocycles. The largest absolute Gasteiger partial charge is 0.394 e. The number of nitrogens with one attached hydrogen (secondary N) is 2. The molecule has 6 nitrogen and oxygen atoms in total. The highest BCUT2D eigenvalue weighted by Crippen LogP contribution is 2.29. The zero-order valence-electron chi connectivity index (χ0n) is 11.6. The number of anilines is 1. The Morgan fingerprint density at radius 3 is 2.74 bits per heavy atom. The number of amides is 2. The molecule has 0 radical (unpaired) electrons. The second kappa shape index (κ2) is 5.61. The summed E-state index contributed by atoms with van der Waals surface area (Å²) in [5, 5.41) is 19.4. The minimum absolute atomic E-state index is 0.00792. The summed E-state index contributed by atoms with van der Waals surface area (Å²) in [7, 11) is 1.80. The standard InChI is InChI=1S/C13H22N4O2/c1-3-10-8-11(17(2)16-10)14-12(19)15-13(9-18)6-4-5-7-13/h8,18H,3-7,9H2,1-2H3,(H2,14,15,19). The number of aliphatic hydroxyl groups is 1. The predicted octanol–water partition coefficient (Wildman–Crippen LogP) is 1.41. The lowest BCUT2D eigenvalue weighted by Gasteiger charge is -2.27. The molecule has 0 aliphatic heterocycles. The van der Waals surface area contributed by atoms with E-state index in [9.17, 15) is 9.90 Å². The van der Waals surface area contributed by atoms with Crippen LogP contribution in [-0.4, -0.2) is 33.1 Å². The van der Waals surface area contributed by atoms with E-state index in [1.807, 2.05) is 13.0 Å². The van der Waals surface area contributed by atoms with E-state index in [0.717, 1.165) is 37.8 Å². The van der Waals surface area contributed by atoms with Crippen LogP contribution in [0.5, 0.6) is 0 Å². The van der Waals surface area contributed by atoms with Crippen molar-refractivity contribution < 1.29 is 9.90 Å². The minimum Gasteiger partial charge on any atom is -0.394 e. The fourth-order valence-electron chi connectivity index (χ4n) is 2.58. The summed E-state index contributed by atoms with van der Waals surface area (Å²) >= 11 is 0. The molecule has 0 aromatic carbocycles. The lowest BCUT2D eigenvalue weighted by molar-refractivity contribution is 0.167. The van der Waals surface area contributed by atoms with Crippen LogP contribution in [0, 0.1) is 0 Å². The number of carbonyl (C=O) groups excluding carboxylic acids is 1. The highest BCUT2D eigenvalue weighted by Gasteiger charge is 2.34. The fraction of sp³-hybridized carbons (Fsp3) is 0.692. The topological polar surface area (TPSA) is 79.2 Å². The van der Waals surface area contributed by atoms with Gasteiger partial charge in [-0.3, -0.25) is 10.00 Å². The molecule has 6 heteroatoms. The lowest BCUT2D eigenvalue weighted by atomic mass is 9.99. The Labute approximate surface area is 113 Å². The lowest BCUT2D eigenvalue weighted by Crippen LogP contribution is -2.50. The molecule has 3 N–H and O–H groups in total. The van der Waals surface area contributed by atoms with E-state index in [4.69, 9.17) is 0 Å². The van der Waals surface area contributed by atoms with Crippen molar-refractivity contribution in [2.45, 2.75) is 44.6 Å². The third kappa shape index (κ3) is 3.07. The first-order chi connectivity index (χ1) is 9.08. The molecule has 1 aliphatic carbocycles. The molecule has 0 unspecified atom stereocenters. The van der Waals surface area contributed by atoms with Crippen molar-refractivity contribution in [2.75, 3.05) is 11.9 Å². The molecule has 2 amide bonds. The molecule has 106 valence electrons. The van der Waals surface area contributed by atoms with E-state index in [-0.39, 0.29) is 12.6 Å². The van der Waals surface area contributed by atoms with Gasteiger partial charge in [0.05, 0.1) is 17.8 Å². The van der Waals surface area contributed by atoms with Gasteiger partial charge < -0.3 is 10.4 Å². The molecule has 2 rings (SSSR count). The molecule has 1 heterocycles. The zero-order chi connectivity index (χ0) is 13.9. The number of aliphatic hydroxyl groups excluding tert-OH is 1. The van der Waals surface area contributed by atoms with E-state index in [0.29, 0.717) is 5.82 Å². The Balaban J connectivity index is 1.98. The molecule has 1 fully saturated rings. The zero-order valence-corrected chi connectivity index (χ0v) is 11.6. The number of rotatable bonds is 4. The average Bonchev–Trinajstić information content (AvgIpc) is 2.98. The molecule has 1 saturated carbocycles. The highest BCUT2D eigenvalue weighted by atomic mass is 16.3. The quantitative estimate of drug-likeness (QED) is 0.771. The van der Waals surface area contributed by atoms with Crippen molar-refractivity contribution in [3.05, 3.63) is 11.8 Å². The molecule has 0 bridgehead atoms. The molecule has 1 aliphatic rings. The normalized spacial score (nSPS) is 17.4. The molecule has 1 aromatic rings. The van der Waals surface area contributed by atoms with Crippen molar-refractivity contribution in [2.24, 2.45) is 7.05 Å². The van der Waals surface area contributed by atoms with Gasteiger partial charge in [-0.05, 0) is 19.3 Å². The van der Waals surface area contributed by atoms with Gasteiger partial charge in [-0.25, -0.2) is 4.79 Å². The Hall–Kier alpha value is -1.56. The molecular weight excluding hydrogens is 244 g/mol. The monoisotopic (exact) mass is 266 g/mol. The molecular formula is C13H22N4O2. The Morgan fingerprint density at radius 2 is 2.21 bits per heavy atom. The number of nitrogens with zero attached hydrogens (tertiary/aromatic N) is 2. The smallest absolute Gasteiger partial charge is 0.320 e. The van der Waals surface area contributed by atoms with Crippen LogP contribution >= 0.6 is 0 Å². The third-order valence-corrected chi connectivity index (χ3v) is 3.78. The van der Waals surface area contributed by atoms with E-state index in [2.05, 4.69) is 15.7 Å². The van der Waals surface area contributed by atoms with Crippen molar-refractivity contribution in [1.29, 1.82) is 0 Å². The average molecular weight is 266 g/mol. The van der Waals surface area contributed by atoms with Gasteiger partial charge in [0.1, 0.15) is 5.82 Å².